The SMILES string of the molecule is O=C(O)c1cnc(Nc2cc(F)cc(F)c2)c([N+](=O)[O-])c1. The lowest BCUT2D eigenvalue weighted by atomic mass is 10.2. The van der Waals surface area contributed by atoms with E-state index in [-0.39, 0.29) is 17.1 Å². The number of carbonyl (C=O) groups is 1. The Balaban J connectivity index is 2.43. The number of hydrogen-bond acceptors (Lipinski definition) is 5. The second kappa shape index (κ2) is 5.49. The minimum absolute atomic E-state index is 0.0915. The number of hydrogen-bond donors (Lipinski definition) is 2. The Bertz CT molecular complexity index is 716. The number of pyridine rings is 1. The summed E-state index contributed by atoms with van der Waals surface area (Å²) in [5, 5.41) is 22.0. The van der Waals surface area contributed by atoms with Crippen LogP contribution in [0, 0.1) is 21.7 Å². The van der Waals surface area contributed by atoms with E-state index in [2.05, 4.69) is 10.3 Å². The molecule has 9 heteroatoms. The average Bonchev–Trinajstić information content (AvgIpc) is 2.37. The van der Waals surface area contributed by atoms with Gasteiger partial charge in [0.15, 0.2) is 0 Å². The summed E-state index contributed by atoms with van der Waals surface area (Å²) in [6.45, 7) is 0. The maximum Gasteiger partial charge on any atom is 0.337 e. The van der Waals surface area contributed by atoms with Crippen LogP contribution in [0.2, 0.25) is 0 Å². The molecule has 0 bridgehead atoms. The van der Waals surface area contributed by atoms with Gasteiger partial charge >= 0.3 is 11.7 Å². The van der Waals surface area contributed by atoms with Crippen molar-refractivity contribution >= 4 is 23.2 Å². The Labute approximate surface area is 116 Å². The molecule has 0 saturated heterocycles. The molecule has 0 fully saturated rings. The van der Waals surface area contributed by atoms with Crippen LogP contribution in [0.25, 0.3) is 0 Å². The highest BCUT2D eigenvalue weighted by molar-refractivity contribution is 5.89. The van der Waals surface area contributed by atoms with Gasteiger partial charge in [0.2, 0.25) is 5.82 Å². The van der Waals surface area contributed by atoms with Crippen molar-refractivity contribution in [3.8, 4) is 0 Å². The summed E-state index contributed by atoms with van der Waals surface area (Å²) < 4.78 is 26.1. The zero-order valence-corrected chi connectivity index (χ0v) is 10.2. The fraction of sp³-hybridized carbons (Fsp3) is 0. The standard InChI is InChI=1S/C12H7F2N3O4/c13-7-2-8(14)4-9(3-7)16-11-10(17(20)21)1-6(5-15-11)12(18)19/h1-5H,(H,15,16)(H,18,19). The molecule has 2 N–H and O–H groups in total. The van der Waals surface area contributed by atoms with Crippen molar-refractivity contribution < 1.29 is 23.6 Å². The van der Waals surface area contributed by atoms with Gasteiger partial charge in [-0.2, -0.15) is 0 Å². The molecular formula is C12H7F2N3O4. The van der Waals surface area contributed by atoms with E-state index in [1.165, 1.54) is 0 Å². The molecule has 108 valence electrons. The molecule has 0 radical (unpaired) electrons. The van der Waals surface area contributed by atoms with Gasteiger partial charge in [0.05, 0.1) is 10.5 Å². The Kier molecular flexibility index (Phi) is 3.74. The number of halogens is 2. The molecule has 7 nitrogen and oxygen atoms in total. The van der Waals surface area contributed by atoms with Gasteiger partial charge in [0.25, 0.3) is 0 Å². The molecule has 21 heavy (non-hydrogen) atoms. The van der Waals surface area contributed by atoms with Crippen LogP contribution >= 0.6 is 0 Å². The van der Waals surface area contributed by atoms with Crippen molar-refractivity contribution in [2.45, 2.75) is 0 Å². The summed E-state index contributed by atoms with van der Waals surface area (Å²) >= 11 is 0. The van der Waals surface area contributed by atoms with Gasteiger partial charge in [0.1, 0.15) is 11.6 Å². The molecule has 0 aliphatic rings. The number of anilines is 2. The van der Waals surface area contributed by atoms with Crippen molar-refractivity contribution in [1.82, 2.24) is 4.98 Å². The molecule has 0 amide bonds. The zero-order chi connectivity index (χ0) is 15.6. The van der Waals surface area contributed by atoms with Crippen LogP contribution in [0.15, 0.2) is 30.5 Å². The summed E-state index contributed by atoms with van der Waals surface area (Å²) in [5.74, 6) is -3.45. The van der Waals surface area contributed by atoms with E-state index in [1.54, 1.807) is 0 Å². The zero-order valence-electron chi connectivity index (χ0n) is 10.2. The van der Waals surface area contributed by atoms with Crippen LogP contribution in [-0.2, 0) is 0 Å². The van der Waals surface area contributed by atoms with Gasteiger partial charge < -0.3 is 10.4 Å². The predicted molar refractivity (Wildman–Crippen MR) is 67.5 cm³/mol. The first-order chi connectivity index (χ1) is 9.86. The summed E-state index contributed by atoms with van der Waals surface area (Å²) in [4.78, 5) is 24.4. The Morgan fingerprint density at radius 1 is 1.24 bits per heavy atom. The smallest absolute Gasteiger partial charge is 0.337 e. The van der Waals surface area contributed by atoms with Crippen LogP contribution in [-0.4, -0.2) is 21.0 Å². The van der Waals surface area contributed by atoms with Gasteiger partial charge in [-0.15, -0.1) is 0 Å². The minimum atomic E-state index is -1.38. The van der Waals surface area contributed by atoms with E-state index in [0.717, 1.165) is 24.4 Å². The highest BCUT2D eigenvalue weighted by Gasteiger charge is 2.19. The average molecular weight is 295 g/mol. The number of carboxylic acids is 1. The first kappa shape index (κ1) is 14.3. The lowest BCUT2D eigenvalue weighted by Gasteiger charge is -2.07. The van der Waals surface area contributed by atoms with E-state index in [9.17, 15) is 23.7 Å². The third-order valence-corrected chi connectivity index (χ3v) is 2.44. The predicted octanol–water partition coefficient (Wildman–Crippen LogP) is 2.71. The maximum absolute atomic E-state index is 13.0. The normalized spacial score (nSPS) is 10.2. The number of aromatic nitrogens is 1. The molecule has 0 saturated carbocycles. The van der Waals surface area contributed by atoms with Crippen molar-refractivity contribution in [3.05, 3.63) is 57.8 Å². The first-order valence-corrected chi connectivity index (χ1v) is 5.47. The van der Waals surface area contributed by atoms with Gasteiger partial charge in [-0.3, -0.25) is 10.1 Å². The topological polar surface area (TPSA) is 105 Å². The number of benzene rings is 1. The second-order valence-electron chi connectivity index (χ2n) is 3.94. The van der Waals surface area contributed by atoms with Crippen molar-refractivity contribution in [2.24, 2.45) is 0 Å². The van der Waals surface area contributed by atoms with Gasteiger partial charge in [0, 0.05) is 24.0 Å². The van der Waals surface area contributed by atoms with E-state index in [1.807, 2.05) is 0 Å². The Hall–Kier alpha value is -3.10. The molecule has 1 heterocycles. The Morgan fingerprint density at radius 2 is 1.86 bits per heavy atom. The summed E-state index contributed by atoms with van der Waals surface area (Å²) in [6.07, 6.45) is 0.896. The number of nitro groups is 1. The van der Waals surface area contributed by atoms with Crippen LogP contribution in [0.1, 0.15) is 10.4 Å². The molecule has 2 rings (SSSR count). The van der Waals surface area contributed by atoms with Crippen LogP contribution in [0.3, 0.4) is 0 Å². The van der Waals surface area contributed by atoms with Crippen LogP contribution in [0.4, 0.5) is 26.0 Å². The number of nitrogens with one attached hydrogen (secondary N) is 1. The summed E-state index contributed by atoms with van der Waals surface area (Å²) in [5.41, 5.74) is -1.09. The van der Waals surface area contributed by atoms with Gasteiger partial charge in [-0.05, 0) is 12.1 Å². The van der Waals surface area contributed by atoms with E-state index in [0.29, 0.717) is 6.07 Å². The fourth-order valence-corrected chi connectivity index (χ4v) is 1.57. The number of rotatable bonds is 4. The number of nitrogens with zero attached hydrogens (tertiary/aromatic N) is 2. The molecule has 0 spiro atoms. The lowest BCUT2D eigenvalue weighted by molar-refractivity contribution is -0.384. The third kappa shape index (κ3) is 3.26. The number of aromatic carboxylic acids is 1. The largest absolute Gasteiger partial charge is 0.478 e. The minimum Gasteiger partial charge on any atom is -0.478 e. The monoisotopic (exact) mass is 295 g/mol. The van der Waals surface area contributed by atoms with Gasteiger partial charge in [-0.1, -0.05) is 0 Å². The molecule has 2 aromatic rings. The quantitative estimate of drug-likeness (QED) is 0.663. The number of carboxylic acid groups (broad SMARTS) is 1. The highest BCUT2D eigenvalue weighted by atomic mass is 19.1. The lowest BCUT2D eigenvalue weighted by Crippen LogP contribution is -2.04. The second-order valence-corrected chi connectivity index (χ2v) is 3.94. The summed E-state index contributed by atoms with van der Waals surface area (Å²) in [6, 6.07) is 3.27. The van der Waals surface area contributed by atoms with E-state index >= 15 is 0 Å². The van der Waals surface area contributed by atoms with Crippen molar-refractivity contribution in [3.63, 3.8) is 0 Å². The maximum atomic E-state index is 13.0. The van der Waals surface area contributed by atoms with Crippen LogP contribution < -0.4 is 5.32 Å². The molecule has 0 atom stereocenters. The first-order valence-electron chi connectivity index (χ1n) is 5.47. The molecule has 0 aliphatic heterocycles. The molecule has 0 aliphatic carbocycles. The Morgan fingerprint density at radius 3 is 2.38 bits per heavy atom. The summed E-state index contributed by atoms with van der Waals surface area (Å²) in [7, 11) is 0. The van der Waals surface area contributed by atoms with Gasteiger partial charge in [-0.25, -0.2) is 18.6 Å². The molecule has 1 aromatic carbocycles. The van der Waals surface area contributed by atoms with Crippen molar-refractivity contribution in [1.29, 1.82) is 0 Å². The third-order valence-electron chi connectivity index (χ3n) is 2.44. The van der Waals surface area contributed by atoms with E-state index < -0.39 is 28.2 Å². The highest BCUT2D eigenvalue weighted by Crippen LogP contribution is 2.26. The molecule has 1 aromatic heterocycles. The van der Waals surface area contributed by atoms with E-state index in [4.69, 9.17) is 5.11 Å². The molecule has 0 unspecified atom stereocenters. The van der Waals surface area contributed by atoms with Crippen molar-refractivity contribution in [2.75, 3.05) is 5.32 Å². The molecular weight excluding hydrogens is 288 g/mol. The fourth-order valence-electron chi connectivity index (χ4n) is 1.57. The van der Waals surface area contributed by atoms with Crippen LogP contribution in [0.5, 0.6) is 0 Å².